The molecule has 0 radical (unpaired) electrons. The second-order valence-electron chi connectivity index (χ2n) is 8.50. The van der Waals surface area contributed by atoms with Crippen molar-refractivity contribution in [2.75, 3.05) is 17.2 Å². The molecule has 2 amide bonds. The average molecular weight is 455 g/mol. The molecule has 172 valence electrons. The Hall–Kier alpha value is -4.10. The van der Waals surface area contributed by atoms with Crippen molar-refractivity contribution in [2.24, 2.45) is 0 Å². The van der Waals surface area contributed by atoms with Crippen LogP contribution in [-0.4, -0.2) is 28.6 Å². The van der Waals surface area contributed by atoms with Gasteiger partial charge in [-0.05, 0) is 72.8 Å². The molecule has 7 heteroatoms. The molecule has 0 saturated heterocycles. The number of fused-ring (bicyclic) bond motifs is 2. The van der Waals surface area contributed by atoms with E-state index in [0.29, 0.717) is 16.9 Å². The van der Waals surface area contributed by atoms with Crippen LogP contribution in [-0.2, 0) is 12.8 Å². The molecule has 1 aliphatic carbocycles. The predicted octanol–water partition coefficient (Wildman–Crippen LogP) is 5.33. The van der Waals surface area contributed by atoms with Crippen molar-refractivity contribution in [1.82, 2.24) is 10.3 Å². The topological polar surface area (TPSA) is 106 Å². The number of aromatic nitrogens is 1. The smallest absolute Gasteiger partial charge is 0.409 e. The second kappa shape index (κ2) is 9.41. The van der Waals surface area contributed by atoms with Gasteiger partial charge in [-0.1, -0.05) is 36.4 Å². The maximum Gasteiger partial charge on any atom is 0.409 e. The predicted molar refractivity (Wildman–Crippen MR) is 134 cm³/mol. The molecule has 0 bridgehead atoms. The number of amides is 2. The number of H-pyrrole nitrogens is 1. The molecular weight excluding hydrogens is 428 g/mol. The summed E-state index contributed by atoms with van der Waals surface area (Å²) >= 11 is 0. The van der Waals surface area contributed by atoms with Crippen LogP contribution < -0.4 is 16.0 Å². The first kappa shape index (κ1) is 21.7. The van der Waals surface area contributed by atoms with Crippen LogP contribution in [0, 0.1) is 0 Å². The molecule has 1 aliphatic rings. The lowest BCUT2D eigenvalue weighted by Gasteiger charge is -2.15. The van der Waals surface area contributed by atoms with Crippen LogP contribution in [0.15, 0.2) is 72.9 Å². The quantitative estimate of drug-likeness (QED) is 0.260. The zero-order chi connectivity index (χ0) is 23.5. The number of aryl methyl sites for hydroxylation is 1. The fourth-order valence-electron chi connectivity index (χ4n) is 4.70. The number of hydrogen-bond donors (Lipinski definition) is 5. The van der Waals surface area contributed by atoms with E-state index in [1.807, 2.05) is 24.3 Å². The third-order valence-electron chi connectivity index (χ3n) is 6.36. The summed E-state index contributed by atoms with van der Waals surface area (Å²) in [5, 5.41) is 19.1. The molecule has 5 rings (SSSR count). The summed E-state index contributed by atoms with van der Waals surface area (Å²) in [6, 6.07) is 21.2. The summed E-state index contributed by atoms with van der Waals surface area (Å²) in [7, 11) is 0. The molecule has 1 heterocycles. The minimum atomic E-state index is -1.18. The van der Waals surface area contributed by atoms with Crippen LogP contribution in [0.4, 0.5) is 16.2 Å². The van der Waals surface area contributed by atoms with Crippen LogP contribution in [0.5, 0.6) is 0 Å². The molecule has 4 aromatic rings. The van der Waals surface area contributed by atoms with Crippen molar-refractivity contribution in [3.05, 3.63) is 95.2 Å². The first-order valence-corrected chi connectivity index (χ1v) is 11.4. The SMILES string of the molecule is O=C(O)Nc1ccccc1NC(=O)c1ccc2c(c1)CCC2NCCc1c[nH]c2ccccc12. The molecular formula is C27H26N4O3. The van der Waals surface area contributed by atoms with Crippen molar-refractivity contribution in [3.63, 3.8) is 0 Å². The Balaban J connectivity index is 1.23. The van der Waals surface area contributed by atoms with E-state index in [0.717, 1.165) is 31.3 Å². The minimum Gasteiger partial charge on any atom is -0.465 e. The Kier molecular flexibility index (Phi) is 6.01. The fourth-order valence-corrected chi connectivity index (χ4v) is 4.70. The zero-order valence-electron chi connectivity index (χ0n) is 18.6. The van der Waals surface area contributed by atoms with Crippen molar-refractivity contribution in [3.8, 4) is 0 Å². The van der Waals surface area contributed by atoms with E-state index in [9.17, 15) is 9.59 Å². The Morgan fingerprint density at radius 2 is 1.74 bits per heavy atom. The molecule has 0 saturated carbocycles. The van der Waals surface area contributed by atoms with Gasteiger partial charge in [-0.25, -0.2) is 4.79 Å². The van der Waals surface area contributed by atoms with E-state index in [4.69, 9.17) is 5.11 Å². The van der Waals surface area contributed by atoms with Crippen LogP contribution >= 0.6 is 0 Å². The normalized spacial score (nSPS) is 14.6. The van der Waals surface area contributed by atoms with Gasteiger partial charge in [-0.3, -0.25) is 10.1 Å². The third-order valence-corrected chi connectivity index (χ3v) is 6.36. The van der Waals surface area contributed by atoms with Gasteiger partial charge in [-0.2, -0.15) is 0 Å². The Morgan fingerprint density at radius 3 is 2.56 bits per heavy atom. The van der Waals surface area contributed by atoms with Gasteiger partial charge < -0.3 is 20.7 Å². The summed E-state index contributed by atoms with van der Waals surface area (Å²) < 4.78 is 0. The molecule has 34 heavy (non-hydrogen) atoms. The Morgan fingerprint density at radius 1 is 0.971 bits per heavy atom. The van der Waals surface area contributed by atoms with Crippen LogP contribution in [0.25, 0.3) is 10.9 Å². The van der Waals surface area contributed by atoms with Gasteiger partial charge in [0, 0.05) is 28.7 Å². The first-order valence-electron chi connectivity index (χ1n) is 11.4. The number of aromatic amines is 1. The lowest BCUT2D eigenvalue weighted by Crippen LogP contribution is -2.22. The standard InChI is InChI=1S/C27H26N4O3/c32-26(30-24-7-3-4-8-25(24)31-27(33)34)18-9-11-21-17(15-18)10-12-23(21)28-14-13-19-16-29-22-6-2-1-5-20(19)22/h1-9,11,15-16,23,28-29,31H,10,12-14H2,(H,30,32)(H,33,34). The van der Waals surface area contributed by atoms with E-state index < -0.39 is 6.09 Å². The number of carboxylic acid groups (broad SMARTS) is 1. The number of anilines is 2. The Labute approximate surface area is 197 Å². The molecule has 5 N–H and O–H groups in total. The van der Waals surface area contributed by atoms with Gasteiger partial charge in [-0.15, -0.1) is 0 Å². The number of nitrogens with one attached hydrogen (secondary N) is 4. The monoisotopic (exact) mass is 454 g/mol. The highest BCUT2D eigenvalue weighted by molar-refractivity contribution is 6.07. The molecule has 1 aromatic heterocycles. The van der Waals surface area contributed by atoms with Crippen LogP contribution in [0.2, 0.25) is 0 Å². The number of carbonyl (C=O) groups is 2. The molecule has 0 aliphatic heterocycles. The van der Waals surface area contributed by atoms with Crippen molar-refractivity contribution < 1.29 is 14.7 Å². The average Bonchev–Trinajstić information content (AvgIpc) is 3.44. The highest BCUT2D eigenvalue weighted by atomic mass is 16.4. The summed E-state index contributed by atoms with van der Waals surface area (Å²) in [5.41, 5.74) is 6.21. The van der Waals surface area contributed by atoms with Crippen molar-refractivity contribution >= 4 is 34.3 Å². The summed E-state index contributed by atoms with van der Waals surface area (Å²) in [5.74, 6) is -0.266. The maximum atomic E-state index is 12.8. The minimum absolute atomic E-state index is 0.266. The molecule has 7 nitrogen and oxygen atoms in total. The highest BCUT2D eigenvalue weighted by Gasteiger charge is 2.23. The lowest BCUT2D eigenvalue weighted by molar-refractivity contribution is 0.102. The van der Waals surface area contributed by atoms with Crippen LogP contribution in [0.3, 0.4) is 0 Å². The molecule has 1 unspecified atom stereocenters. The molecule has 1 atom stereocenters. The van der Waals surface area contributed by atoms with E-state index in [1.54, 1.807) is 24.3 Å². The second-order valence-corrected chi connectivity index (χ2v) is 8.50. The largest absolute Gasteiger partial charge is 0.465 e. The summed E-state index contributed by atoms with van der Waals surface area (Å²) in [4.78, 5) is 27.2. The summed E-state index contributed by atoms with van der Waals surface area (Å²) in [6.45, 7) is 0.877. The van der Waals surface area contributed by atoms with Gasteiger partial charge in [0.25, 0.3) is 5.91 Å². The van der Waals surface area contributed by atoms with Crippen LogP contribution in [0.1, 0.15) is 39.5 Å². The number of carbonyl (C=O) groups excluding carboxylic acids is 1. The van der Waals surface area contributed by atoms with E-state index in [1.165, 1.54) is 22.1 Å². The number of rotatable bonds is 7. The summed E-state index contributed by atoms with van der Waals surface area (Å²) in [6.07, 6.45) is 3.77. The third kappa shape index (κ3) is 4.51. The fraction of sp³-hybridized carbons (Fsp3) is 0.185. The van der Waals surface area contributed by atoms with E-state index in [-0.39, 0.29) is 11.9 Å². The molecule has 0 spiro atoms. The number of hydrogen-bond acceptors (Lipinski definition) is 3. The van der Waals surface area contributed by atoms with Gasteiger partial charge in [0.15, 0.2) is 0 Å². The van der Waals surface area contributed by atoms with Gasteiger partial charge in [0.1, 0.15) is 0 Å². The number of para-hydroxylation sites is 3. The molecule has 0 fully saturated rings. The van der Waals surface area contributed by atoms with Crippen molar-refractivity contribution in [1.29, 1.82) is 0 Å². The first-order chi connectivity index (χ1) is 16.6. The van der Waals surface area contributed by atoms with Gasteiger partial charge in [0.2, 0.25) is 0 Å². The van der Waals surface area contributed by atoms with Gasteiger partial charge >= 0.3 is 6.09 Å². The lowest BCUT2D eigenvalue weighted by atomic mass is 10.0. The van der Waals surface area contributed by atoms with Gasteiger partial charge in [0.05, 0.1) is 11.4 Å². The highest BCUT2D eigenvalue weighted by Crippen LogP contribution is 2.32. The van der Waals surface area contributed by atoms with E-state index in [2.05, 4.69) is 45.3 Å². The zero-order valence-corrected chi connectivity index (χ0v) is 18.6. The maximum absolute atomic E-state index is 12.8. The Bertz CT molecular complexity index is 1360. The van der Waals surface area contributed by atoms with E-state index >= 15 is 0 Å². The molecule has 3 aromatic carbocycles. The van der Waals surface area contributed by atoms with Crippen molar-refractivity contribution in [2.45, 2.75) is 25.3 Å². The number of benzene rings is 3.